The first-order chi connectivity index (χ1) is 6.40. The average Bonchev–Trinajstić information content (AvgIpc) is 2.12. The summed E-state index contributed by atoms with van der Waals surface area (Å²) in [6, 6.07) is 0. The minimum absolute atomic E-state index is 0.331. The maximum Gasteiger partial charge on any atom is 0.249 e. The number of hydrogen-bond donors (Lipinski definition) is 0. The van der Waals surface area contributed by atoms with E-state index in [1.165, 1.54) is 19.3 Å². The topological polar surface area (TPSA) is 27.7 Å². The van der Waals surface area contributed by atoms with Gasteiger partial charge in [-0.1, -0.05) is 0 Å². The molecule has 0 aromatic rings. The van der Waals surface area contributed by atoms with Gasteiger partial charge < -0.3 is 13.9 Å². The van der Waals surface area contributed by atoms with E-state index in [1.807, 2.05) is 0 Å². The molecular formula is C9H15O3Si. The van der Waals surface area contributed by atoms with Gasteiger partial charge in [-0.05, 0) is 25.2 Å². The summed E-state index contributed by atoms with van der Waals surface area (Å²) in [5.74, 6) is 0.722. The fourth-order valence-electron chi connectivity index (χ4n) is 2.24. The van der Waals surface area contributed by atoms with Crippen LogP contribution in [0, 0.1) is 5.92 Å². The van der Waals surface area contributed by atoms with Gasteiger partial charge >= 0.3 is 0 Å². The van der Waals surface area contributed by atoms with Gasteiger partial charge in [0.15, 0.2) is 0 Å². The Kier molecular flexibility index (Phi) is 3.37. The molecule has 1 aliphatic carbocycles. The highest BCUT2D eigenvalue weighted by molar-refractivity contribution is 5.97. The van der Waals surface area contributed by atoms with E-state index in [4.69, 9.17) is 9.47 Å². The van der Waals surface area contributed by atoms with Crippen LogP contribution in [0.2, 0.25) is 0 Å². The lowest BCUT2D eigenvalue weighted by molar-refractivity contribution is -0.189. The summed E-state index contributed by atoms with van der Waals surface area (Å²) >= 11 is 0. The Hall–Kier alpha value is 0.0969. The monoisotopic (exact) mass is 199 g/mol. The van der Waals surface area contributed by atoms with Crippen LogP contribution in [0.1, 0.15) is 25.7 Å². The van der Waals surface area contributed by atoms with E-state index in [2.05, 4.69) is 14.9 Å². The molecule has 3 unspecified atom stereocenters. The first-order valence-corrected chi connectivity index (χ1v) is 5.32. The molecule has 3 fully saturated rings. The fourth-order valence-corrected chi connectivity index (χ4v) is 2.32. The van der Waals surface area contributed by atoms with E-state index in [9.17, 15) is 0 Å². The molecule has 3 radical (unpaired) electrons. The van der Waals surface area contributed by atoms with Crippen molar-refractivity contribution < 1.29 is 13.9 Å². The first-order valence-electron chi connectivity index (χ1n) is 4.92. The van der Waals surface area contributed by atoms with E-state index in [0.717, 1.165) is 18.9 Å². The molecule has 3 aliphatic rings. The Morgan fingerprint density at radius 1 is 1.38 bits per heavy atom. The van der Waals surface area contributed by atoms with Crippen LogP contribution in [0.5, 0.6) is 0 Å². The third-order valence-electron chi connectivity index (χ3n) is 3.02. The molecule has 2 heterocycles. The molecule has 2 saturated heterocycles. The molecule has 0 aromatic heterocycles. The van der Waals surface area contributed by atoms with Gasteiger partial charge in [0, 0.05) is 13.0 Å². The smallest absolute Gasteiger partial charge is 0.249 e. The van der Waals surface area contributed by atoms with Crippen molar-refractivity contribution in [3.05, 3.63) is 0 Å². The molecule has 0 N–H and O–H groups in total. The quantitative estimate of drug-likeness (QED) is 0.376. The molecular weight excluding hydrogens is 184 g/mol. The zero-order valence-electron chi connectivity index (χ0n) is 7.70. The lowest BCUT2D eigenvalue weighted by atomic mass is 9.78. The van der Waals surface area contributed by atoms with Crippen LogP contribution in [0.25, 0.3) is 0 Å². The highest BCUT2D eigenvalue weighted by Crippen LogP contribution is 2.40. The molecule has 0 spiro atoms. The Morgan fingerprint density at radius 3 is 2.85 bits per heavy atom. The number of rotatable bonds is 5. The van der Waals surface area contributed by atoms with E-state index in [-0.39, 0.29) is 0 Å². The molecule has 3 rings (SSSR count). The SMILES string of the molecule is [Si]OCOCCC1CCC2CC1O2. The van der Waals surface area contributed by atoms with Crippen LogP contribution in [0.3, 0.4) is 0 Å². The summed E-state index contributed by atoms with van der Waals surface area (Å²) in [7, 11) is 2.89. The highest BCUT2D eigenvalue weighted by Gasteiger charge is 2.40. The van der Waals surface area contributed by atoms with Gasteiger partial charge in [0.1, 0.15) is 6.79 Å². The summed E-state index contributed by atoms with van der Waals surface area (Å²) in [6.07, 6.45) is 6.06. The van der Waals surface area contributed by atoms with Crippen molar-refractivity contribution in [2.75, 3.05) is 13.4 Å². The summed E-state index contributed by atoms with van der Waals surface area (Å²) in [5, 5.41) is 0. The summed E-state index contributed by atoms with van der Waals surface area (Å²) in [4.78, 5) is 0. The predicted molar refractivity (Wildman–Crippen MR) is 48.3 cm³/mol. The van der Waals surface area contributed by atoms with Crippen LogP contribution >= 0.6 is 0 Å². The summed E-state index contributed by atoms with van der Waals surface area (Å²) in [5.41, 5.74) is 0. The van der Waals surface area contributed by atoms with Gasteiger partial charge in [0.2, 0.25) is 10.5 Å². The van der Waals surface area contributed by atoms with Crippen molar-refractivity contribution in [2.24, 2.45) is 5.92 Å². The Morgan fingerprint density at radius 2 is 2.23 bits per heavy atom. The number of fused-ring (bicyclic) bond motifs is 2. The second kappa shape index (κ2) is 4.55. The first kappa shape index (κ1) is 9.64. The van der Waals surface area contributed by atoms with Crippen LogP contribution in [0.15, 0.2) is 0 Å². The minimum atomic E-state index is 0.331. The van der Waals surface area contributed by atoms with Crippen LogP contribution < -0.4 is 0 Å². The average molecular weight is 199 g/mol. The van der Waals surface area contributed by atoms with E-state index < -0.39 is 0 Å². The van der Waals surface area contributed by atoms with Crippen molar-refractivity contribution in [3.8, 4) is 0 Å². The third kappa shape index (κ3) is 2.31. The van der Waals surface area contributed by atoms with Gasteiger partial charge in [0.25, 0.3) is 0 Å². The highest BCUT2D eigenvalue weighted by atomic mass is 28.2. The van der Waals surface area contributed by atoms with Crippen LogP contribution in [0.4, 0.5) is 0 Å². The minimum Gasteiger partial charge on any atom is -0.397 e. The normalized spacial score (nSPS) is 37.2. The van der Waals surface area contributed by atoms with Gasteiger partial charge in [-0.2, -0.15) is 0 Å². The second-order valence-electron chi connectivity index (χ2n) is 3.83. The maximum atomic E-state index is 5.65. The zero-order chi connectivity index (χ0) is 9.10. The fraction of sp³-hybridized carbons (Fsp3) is 1.00. The molecule has 2 bridgehead atoms. The molecule has 1 saturated carbocycles. The van der Waals surface area contributed by atoms with Gasteiger partial charge in [-0.25, -0.2) is 0 Å². The van der Waals surface area contributed by atoms with Crippen molar-refractivity contribution in [1.82, 2.24) is 0 Å². The standard InChI is InChI=1S/C9H15O3Si/c13-11-6-10-4-3-7-1-2-8-5-9(7)12-8/h7-9H,1-6H2. The van der Waals surface area contributed by atoms with Gasteiger partial charge in [-0.15, -0.1) is 0 Å². The van der Waals surface area contributed by atoms with Crippen LogP contribution in [-0.4, -0.2) is 36.1 Å². The summed E-state index contributed by atoms with van der Waals surface area (Å²) in [6.45, 7) is 1.11. The second-order valence-corrected chi connectivity index (χ2v) is 4.12. The lowest BCUT2D eigenvalue weighted by Crippen LogP contribution is -2.47. The molecule has 3 nitrogen and oxygen atoms in total. The number of hydrogen-bond acceptors (Lipinski definition) is 3. The molecule has 73 valence electrons. The Balaban J connectivity index is 1.58. The molecule has 2 aliphatic heterocycles. The van der Waals surface area contributed by atoms with Crippen molar-refractivity contribution in [2.45, 2.75) is 37.9 Å². The molecule has 13 heavy (non-hydrogen) atoms. The molecule has 0 aromatic carbocycles. The van der Waals surface area contributed by atoms with E-state index >= 15 is 0 Å². The predicted octanol–water partition coefficient (Wildman–Crippen LogP) is 1.02. The largest absolute Gasteiger partial charge is 0.397 e. The zero-order valence-corrected chi connectivity index (χ0v) is 8.70. The van der Waals surface area contributed by atoms with Crippen molar-refractivity contribution in [1.29, 1.82) is 0 Å². The third-order valence-corrected chi connectivity index (χ3v) is 3.14. The maximum absolute atomic E-state index is 5.65. The number of ether oxygens (including phenoxy) is 2. The van der Waals surface area contributed by atoms with Crippen LogP contribution in [-0.2, 0) is 13.9 Å². The lowest BCUT2D eigenvalue weighted by Gasteiger charge is -2.46. The van der Waals surface area contributed by atoms with Crippen molar-refractivity contribution in [3.63, 3.8) is 0 Å². The van der Waals surface area contributed by atoms with Gasteiger partial charge in [-0.3, -0.25) is 0 Å². The Bertz CT molecular complexity index is 156. The molecule has 3 atom stereocenters. The van der Waals surface area contributed by atoms with E-state index in [0.29, 0.717) is 19.0 Å². The Labute approximate surface area is 82.3 Å². The van der Waals surface area contributed by atoms with Crippen molar-refractivity contribution >= 4 is 10.5 Å². The van der Waals surface area contributed by atoms with E-state index in [1.54, 1.807) is 0 Å². The molecule has 4 heteroatoms. The molecule has 0 amide bonds. The summed E-state index contributed by atoms with van der Waals surface area (Å²) < 4.78 is 15.5. The van der Waals surface area contributed by atoms with Gasteiger partial charge in [0.05, 0.1) is 12.2 Å².